The molecule has 1 N–H and O–H groups in total. The van der Waals surface area contributed by atoms with Crippen LogP contribution < -0.4 is 5.32 Å². The van der Waals surface area contributed by atoms with Crippen LogP contribution in [0.2, 0.25) is 5.02 Å². The number of nitrogens with zero attached hydrogens (tertiary/aromatic N) is 1. The SMILES string of the molecule is Cc1nc2cccc(NC(=O)CCC(=O)c3cccc(Cl)c3)c2o1. The average molecular weight is 343 g/mol. The van der Waals surface area contributed by atoms with E-state index in [1.165, 1.54) is 0 Å². The predicted molar refractivity (Wildman–Crippen MR) is 92.4 cm³/mol. The van der Waals surface area contributed by atoms with E-state index in [0.717, 1.165) is 0 Å². The number of oxazole rings is 1. The van der Waals surface area contributed by atoms with Gasteiger partial charge in [-0.2, -0.15) is 0 Å². The van der Waals surface area contributed by atoms with Crippen molar-refractivity contribution >= 4 is 40.1 Å². The van der Waals surface area contributed by atoms with Crippen molar-refractivity contribution in [2.45, 2.75) is 19.8 Å². The number of amides is 1. The van der Waals surface area contributed by atoms with Gasteiger partial charge in [0.25, 0.3) is 0 Å². The molecule has 0 atom stereocenters. The highest BCUT2D eigenvalue weighted by Gasteiger charge is 2.13. The number of carbonyl (C=O) groups is 2. The number of fused-ring (bicyclic) bond motifs is 1. The quantitative estimate of drug-likeness (QED) is 0.698. The molecular weight excluding hydrogens is 328 g/mol. The van der Waals surface area contributed by atoms with E-state index < -0.39 is 0 Å². The number of rotatable bonds is 5. The number of carbonyl (C=O) groups excluding carboxylic acids is 2. The topological polar surface area (TPSA) is 72.2 Å². The zero-order valence-electron chi connectivity index (χ0n) is 13.0. The maximum absolute atomic E-state index is 12.1. The number of anilines is 1. The number of hydrogen-bond donors (Lipinski definition) is 1. The Morgan fingerprint density at radius 3 is 2.75 bits per heavy atom. The molecule has 1 amide bonds. The van der Waals surface area contributed by atoms with E-state index in [-0.39, 0.29) is 24.5 Å². The molecule has 1 aromatic heterocycles. The van der Waals surface area contributed by atoms with Crippen LogP contribution in [-0.4, -0.2) is 16.7 Å². The van der Waals surface area contributed by atoms with Gasteiger partial charge in [-0.25, -0.2) is 4.98 Å². The molecule has 5 nitrogen and oxygen atoms in total. The summed E-state index contributed by atoms with van der Waals surface area (Å²) in [7, 11) is 0. The maximum atomic E-state index is 12.1. The average Bonchev–Trinajstić information content (AvgIpc) is 2.94. The Kier molecular flexibility index (Phi) is 4.62. The third-order valence-corrected chi connectivity index (χ3v) is 3.76. The van der Waals surface area contributed by atoms with Gasteiger partial charge >= 0.3 is 0 Å². The summed E-state index contributed by atoms with van der Waals surface area (Å²) in [5.41, 5.74) is 2.27. The lowest BCUT2D eigenvalue weighted by molar-refractivity contribution is -0.116. The van der Waals surface area contributed by atoms with Gasteiger partial charge in [0, 0.05) is 30.4 Å². The first kappa shape index (κ1) is 16.2. The van der Waals surface area contributed by atoms with Crippen LogP contribution in [0.4, 0.5) is 5.69 Å². The van der Waals surface area contributed by atoms with Crippen molar-refractivity contribution in [2.24, 2.45) is 0 Å². The van der Waals surface area contributed by atoms with Crippen LogP contribution in [0.5, 0.6) is 0 Å². The summed E-state index contributed by atoms with van der Waals surface area (Å²) >= 11 is 5.87. The van der Waals surface area contributed by atoms with Crippen molar-refractivity contribution in [2.75, 3.05) is 5.32 Å². The summed E-state index contributed by atoms with van der Waals surface area (Å²) in [6.07, 6.45) is 0.187. The van der Waals surface area contributed by atoms with E-state index in [0.29, 0.717) is 33.3 Å². The minimum atomic E-state index is -0.257. The third kappa shape index (κ3) is 3.63. The van der Waals surface area contributed by atoms with Gasteiger partial charge in [-0.3, -0.25) is 9.59 Å². The van der Waals surface area contributed by atoms with Gasteiger partial charge in [-0.05, 0) is 24.3 Å². The van der Waals surface area contributed by atoms with Crippen molar-refractivity contribution in [1.82, 2.24) is 4.98 Å². The first-order valence-corrected chi connectivity index (χ1v) is 7.85. The lowest BCUT2D eigenvalue weighted by Crippen LogP contribution is -2.13. The number of nitrogens with one attached hydrogen (secondary N) is 1. The van der Waals surface area contributed by atoms with Gasteiger partial charge in [0.15, 0.2) is 17.3 Å². The van der Waals surface area contributed by atoms with E-state index in [4.69, 9.17) is 16.0 Å². The van der Waals surface area contributed by atoms with Crippen LogP contribution in [-0.2, 0) is 4.79 Å². The molecule has 6 heteroatoms. The number of Topliss-reactive ketones (excluding diaryl/α,β-unsaturated/α-hetero) is 1. The zero-order valence-corrected chi connectivity index (χ0v) is 13.8. The zero-order chi connectivity index (χ0) is 17.1. The molecule has 0 bridgehead atoms. The van der Waals surface area contributed by atoms with Crippen LogP contribution in [0.1, 0.15) is 29.1 Å². The number of halogens is 1. The predicted octanol–water partition coefficient (Wildman–Crippen LogP) is 4.39. The molecule has 2 aromatic carbocycles. The number of benzene rings is 2. The van der Waals surface area contributed by atoms with E-state index >= 15 is 0 Å². The van der Waals surface area contributed by atoms with Crippen molar-refractivity contribution < 1.29 is 14.0 Å². The summed E-state index contributed by atoms with van der Waals surface area (Å²) in [6.45, 7) is 1.75. The monoisotopic (exact) mass is 342 g/mol. The Bertz CT molecular complexity index is 918. The van der Waals surface area contributed by atoms with Crippen LogP contribution >= 0.6 is 11.6 Å². The number of ketones is 1. The third-order valence-electron chi connectivity index (χ3n) is 3.52. The molecule has 3 aromatic rings. The summed E-state index contributed by atoms with van der Waals surface area (Å²) in [5, 5.41) is 3.26. The smallest absolute Gasteiger partial charge is 0.224 e. The number of hydrogen-bond acceptors (Lipinski definition) is 4. The van der Waals surface area contributed by atoms with Gasteiger partial charge in [0.05, 0.1) is 5.69 Å². The Morgan fingerprint density at radius 2 is 1.96 bits per heavy atom. The largest absolute Gasteiger partial charge is 0.439 e. The Labute approximate surface area is 143 Å². The first-order chi connectivity index (χ1) is 11.5. The Balaban J connectivity index is 1.64. The minimum Gasteiger partial charge on any atom is -0.439 e. The summed E-state index contributed by atoms with van der Waals surface area (Å²) < 4.78 is 5.50. The highest BCUT2D eigenvalue weighted by atomic mass is 35.5. The molecule has 0 saturated heterocycles. The molecule has 0 aliphatic carbocycles. The molecule has 0 saturated carbocycles. The molecule has 0 aliphatic rings. The van der Waals surface area contributed by atoms with E-state index in [1.807, 2.05) is 6.07 Å². The molecule has 0 spiro atoms. The molecule has 0 unspecified atom stereocenters. The van der Waals surface area contributed by atoms with Crippen molar-refractivity contribution in [3.8, 4) is 0 Å². The fourth-order valence-corrected chi connectivity index (χ4v) is 2.60. The van der Waals surface area contributed by atoms with Crippen molar-refractivity contribution in [1.29, 1.82) is 0 Å². The molecule has 0 fully saturated rings. The fraction of sp³-hybridized carbons (Fsp3) is 0.167. The number of aryl methyl sites for hydroxylation is 1. The highest BCUT2D eigenvalue weighted by Crippen LogP contribution is 2.24. The second kappa shape index (κ2) is 6.84. The first-order valence-electron chi connectivity index (χ1n) is 7.48. The van der Waals surface area contributed by atoms with Gasteiger partial charge in [0.2, 0.25) is 5.91 Å². The van der Waals surface area contributed by atoms with Gasteiger partial charge in [-0.1, -0.05) is 29.8 Å². The Hall–Kier alpha value is -2.66. The second-order valence-corrected chi connectivity index (χ2v) is 5.80. The molecule has 1 heterocycles. The van der Waals surface area contributed by atoms with Crippen molar-refractivity contribution in [3.05, 3.63) is 58.9 Å². The standard InChI is InChI=1S/C18H15ClN2O3/c1-11-20-14-6-3-7-15(18(14)24-11)21-17(23)9-8-16(22)12-4-2-5-13(19)10-12/h2-7,10H,8-9H2,1H3,(H,21,23). The molecule has 24 heavy (non-hydrogen) atoms. The van der Waals surface area contributed by atoms with Gasteiger partial charge < -0.3 is 9.73 Å². The Morgan fingerprint density at radius 1 is 1.17 bits per heavy atom. The summed E-state index contributed by atoms with van der Waals surface area (Å²) in [4.78, 5) is 28.4. The van der Waals surface area contributed by atoms with E-state index in [2.05, 4.69) is 10.3 Å². The molecule has 3 rings (SSSR count). The van der Waals surface area contributed by atoms with Crippen LogP contribution in [0.25, 0.3) is 11.1 Å². The van der Waals surface area contributed by atoms with E-state index in [9.17, 15) is 9.59 Å². The maximum Gasteiger partial charge on any atom is 0.224 e. The molecule has 122 valence electrons. The van der Waals surface area contributed by atoms with Gasteiger partial charge in [-0.15, -0.1) is 0 Å². The van der Waals surface area contributed by atoms with Gasteiger partial charge in [0.1, 0.15) is 5.52 Å². The number of para-hydroxylation sites is 1. The van der Waals surface area contributed by atoms with Crippen LogP contribution in [0.3, 0.4) is 0 Å². The lowest BCUT2D eigenvalue weighted by Gasteiger charge is -2.05. The summed E-state index contributed by atoms with van der Waals surface area (Å²) in [5.74, 6) is 0.149. The van der Waals surface area contributed by atoms with E-state index in [1.54, 1.807) is 43.3 Å². The second-order valence-electron chi connectivity index (χ2n) is 5.37. The van der Waals surface area contributed by atoms with Crippen LogP contribution in [0, 0.1) is 6.92 Å². The molecule has 0 aliphatic heterocycles. The van der Waals surface area contributed by atoms with Crippen molar-refractivity contribution in [3.63, 3.8) is 0 Å². The lowest BCUT2D eigenvalue weighted by atomic mass is 10.1. The summed E-state index contributed by atoms with van der Waals surface area (Å²) in [6, 6.07) is 12.0. The fourth-order valence-electron chi connectivity index (χ4n) is 2.40. The molecular formula is C18H15ClN2O3. The van der Waals surface area contributed by atoms with Crippen LogP contribution in [0.15, 0.2) is 46.9 Å². The minimum absolute atomic E-state index is 0.0782. The molecule has 0 radical (unpaired) electrons. The highest BCUT2D eigenvalue weighted by molar-refractivity contribution is 6.31. The number of aromatic nitrogens is 1. The normalized spacial score (nSPS) is 10.8.